The molecule has 0 aliphatic carbocycles. The van der Waals surface area contributed by atoms with Gasteiger partial charge in [0, 0.05) is 6.20 Å². The number of nitriles is 1. The zero-order chi connectivity index (χ0) is 13.9. The summed E-state index contributed by atoms with van der Waals surface area (Å²) < 4.78 is 26.6. The lowest BCUT2D eigenvalue weighted by Crippen LogP contribution is -2.16. The van der Waals surface area contributed by atoms with E-state index >= 15 is 0 Å². The van der Waals surface area contributed by atoms with E-state index < -0.39 is 10.0 Å². The molecule has 0 amide bonds. The number of aromatic nitrogens is 1. The highest BCUT2D eigenvalue weighted by molar-refractivity contribution is 7.92. The summed E-state index contributed by atoms with van der Waals surface area (Å²) in [5.74, 6) is -0.0931. The first-order valence-electron chi connectivity index (χ1n) is 5.27. The van der Waals surface area contributed by atoms with E-state index in [-0.39, 0.29) is 22.0 Å². The molecule has 7 heteroatoms. The Hall–Kier alpha value is -2.59. The number of benzene rings is 1. The summed E-state index contributed by atoms with van der Waals surface area (Å²) in [6, 6.07) is 11.0. The molecule has 0 saturated heterocycles. The van der Waals surface area contributed by atoms with Gasteiger partial charge in [-0.1, -0.05) is 12.1 Å². The van der Waals surface area contributed by atoms with E-state index in [1.54, 1.807) is 12.1 Å². The molecule has 19 heavy (non-hydrogen) atoms. The van der Waals surface area contributed by atoms with Crippen LogP contribution >= 0.6 is 0 Å². The van der Waals surface area contributed by atoms with Gasteiger partial charge in [-0.2, -0.15) is 5.26 Å². The number of nitrogen functional groups attached to an aromatic ring is 1. The molecule has 6 nitrogen and oxygen atoms in total. The second kappa shape index (κ2) is 4.96. The van der Waals surface area contributed by atoms with Crippen molar-refractivity contribution in [3.63, 3.8) is 0 Å². The maximum Gasteiger partial charge on any atom is 0.265 e. The molecule has 0 aliphatic heterocycles. The number of para-hydroxylation sites is 1. The highest BCUT2D eigenvalue weighted by Gasteiger charge is 2.19. The molecular weight excluding hydrogens is 264 g/mol. The van der Waals surface area contributed by atoms with Crippen molar-refractivity contribution in [2.24, 2.45) is 0 Å². The smallest absolute Gasteiger partial charge is 0.265 e. The van der Waals surface area contributed by atoms with Crippen molar-refractivity contribution in [1.29, 1.82) is 5.26 Å². The van der Waals surface area contributed by atoms with Crippen LogP contribution in [0, 0.1) is 11.3 Å². The molecule has 96 valence electrons. The average Bonchev–Trinajstić information content (AvgIpc) is 2.39. The van der Waals surface area contributed by atoms with Crippen LogP contribution in [-0.4, -0.2) is 13.4 Å². The van der Waals surface area contributed by atoms with E-state index in [1.807, 2.05) is 6.07 Å². The van der Waals surface area contributed by atoms with Gasteiger partial charge in [0.05, 0.1) is 11.3 Å². The normalized spacial score (nSPS) is 10.7. The second-order valence-electron chi connectivity index (χ2n) is 3.65. The lowest BCUT2D eigenvalue weighted by molar-refractivity contribution is 0.601. The fourth-order valence-corrected chi connectivity index (χ4v) is 2.66. The summed E-state index contributed by atoms with van der Waals surface area (Å²) in [6.45, 7) is 0. The maximum atomic E-state index is 12.2. The molecule has 0 bridgehead atoms. The standard InChI is InChI=1S/C12H10N4O2S/c13-8-9-4-1-2-5-10(9)16-19(17,18)11-6-3-7-15-12(11)14/h1-7,16H,(H2,14,15). The first kappa shape index (κ1) is 12.9. The van der Waals surface area contributed by atoms with Gasteiger partial charge < -0.3 is 5.73 Å². The molecular formula is C12H10N4O2S. The molecule has 3 N–H and O–H groups in total. The first-order valence-corrected chi connectivity index (χ1v) is 6.75. The van der Waals surface area contributed by atoms with Crippen LogP contribution in [0.4, 0.5) is 11.5 Å². The summed E-state index contributed by atoms with van der Waals surface area (Å²) in [5, 5.41) is 8.92. The minimum Gasteiger partial charge on any atom is -0.383 e. The van der Waals surface area contributed by atoms with Crippen LogP contribution in [0.15, 0.2) is 47.5 Å². The molecule has 0 saturated carbocycles. The lowest BCUT2D eigenvalue weighted by Gasteiger charge is -2.10. The summed E-state index contributed by atoms with van der Waals surface area (Å²) in [5.41, 5.74) is 5.97. The zero-order valence-corrected chi connectivity index (χ0v) is 10.6. The fourth-order valence-electron chi connectivity index (χ4n) is 1.50. The molecule has 0 spiro atoms. The molecule has 0 radical (unpaired) electrons. The van der Waals surface area contributed by atoms with Crippen LogP contribution in [0.2, 0.25) is 0 Å². The van der Waals surface area contributed by atoms with Gasteiger partial charge in [0.25, 0.3) is 10.0 Å². The summed E-state index contributed by atoms with van der Waals surface area (Å²) >= 11 is 0. The highest BCUT2D eigenvalue weighted by Crippen LogP contribution is 2.21. The predicted octanol–water partition coefficient (Wildman–Crippen LogP) is 1.34. The van der Waals surface area contributed by atoms with Crippen LogP contribution in [0.25, 0.3) is 0 Å². The minimum absolute atomic E-state index is 0.0931. The molecule has 2 rings (SSSR count). The number of nitrogens with two attached hydrogens (primary N) is 1. The van der Waals surface area contributed by atoms with Gasteiger partial charge in [-0.3, -0.25) is 4.72 Å². The van der Waals surface area contributed by atoms with Crippen molar-refractivity contribution in [2.45, 2.75) is 4.90 Å². The molecule has 0 aliphatic rings. The average molecular weight is 274 g/mol. The first-order chi connectivity index (χ1) is 9.04. The Morgan fingerprint density at radius 3 is 2.63 bits per heavy atom. The molecule has 0 fully saturated rings. The number of nitrogens with one attached hydrogen (secondary N) is 1. The van der Waals surface area contributed by atoms with Crippen LogP contribution in [-0.2, 0) is 10.0 Å². The molecule has 0 unspecified atom stereocenters. The van der Waals surface area contributed by atoms with Gasteiger partial charge in [-0.15, -0.1) is 0 Å². The minimum atomic E-state index is -3.87. The number of sulfonamides is 1. The highest BCUT2D eigenvalue weighted by atomic mass is 32.2. The number of hydrogen-bond donors (Lipinski definition) is 2. The third-order valence-electron chi connectivity index (χ3n) is 2.38. The van der Waals surface area contributed by atoms with Crippen LogP contribution in [0.3, 0.4) is 0 Å². The van der Waals surface area contributed by atoms with Gasteiger partial charge in [-0.25, -0.2) is 13.4 Å². The van der Waals surface area contributed by atoms with Crippen molar-refractivity contribution in [2.75, 3.05) is 10.5 Å². The predicted molar refractivity (Wildman–Crippen MR) is 70.6 cm³/mol. The van der Waals surface area contributed by atoms with Gasteiger partial charge >= 0.3 is 0 Å². The van der Waals surface area contributed by atoms with E-state index in [2.05, 4.69) is 9.71 Å². The third kappa shape index (κ3) is 2.64. The fraction of sp³-hybridized carbons (Fsp3) is 0. The summed E-state index contributed by atoms with van der Waals surface area (Å²) in [7, 11) is -3.87. The quantitative estimate of drug-likeness (QED) is 0.877. The third-order valence-corrected chi connectivity index (χ3v) is 3.79. The zero-order valence-electron chi connectivity index (χ0n) is 9.74. The Labute approximate surface area is 110 Å². The second-order valence-corrected chi connectivity index (χ2v) is 5.30. The van der Waals surface area contributed by atoms with Crippen molar-refractivity contribution in [3.05, 3.63) is 48.2 Å². The Morgan fingerprint density at radius 1 is 1.21 bits per heavy atom. The molecule has 0 atom stereocenters. The van der Waals surface area contributed by atoms with Gasteiger partial charge in [-0.05, 0) is 24.3 Å². The molecule has 1 aromatic carbocycles. The van der Waals surface area contributed by atoms with Crippen molar-refractivity contribution in [1.82, 2.24) is 4.98 Å². The largest absolute Gasteiger partial charge is 0.383 e. The number of rotatable bonds is 3. The van der Waals surface area contributed by atoms with E-state index in [4.69, 9.17) is 11.0 Å². The monoisotopic (exact) mass is 274 g/mol. The number of pyridine rings is 1. The number of hydrogen-bond acceptors (Lipinski definition) is 5. The van der Waals surface area contributed by atoms with Gasteiger partial charge in [0.2, 0.25) is 0 Å². The van der Waals surface area contributed by atoms with Crippen molar-refractivity contribution >= 4 is 21.5 Å². The lowest BCUT2D eigenvalue weighted by atomic mass is 10.2. The van der Waals surface area contributed by atoms with Crippen LogP contribution < -0.4 is 10.5 Å². The van der Waals surface area contributed by atoms with Crippen LogP contribution in [0.1, 0.15) is 5.56 Å². The van der Waals surface area contributed by atoms with Crippen molar-refractivity contribution < 1.29 is 8.42 Å². The Kier molecular flexibility index (Phi) is 3.35. The molecule has 1 aromatic heterocycles. The van der Waals surface area contributed by atoms with Gasteiger partial charge in [0.1, 0.15) is 16.8 Å². The number of anilines is 2. The SMILES string of the molecule is N#Cc1ccccc1NS(=O)(=O)c1cccnc1N. The summed E-state index contributed by atoms with van der Waals surface area (Å²) in [6.07, 6.45) is 1.40. The Balaban J connectivity index is 2.44. The van der Waals surface area contributed by atoms with E-state index in [0.29, 0.717) is 0 Å². The Morgan fingerprint density at radius 2 is 1.95 bits per heavy atom. The van der Waals surface area contributed by atoms with Crippen LogP contribution in [0.5, 0.6) is 0 Å². The number of nitrogens with zero attached hydrogens (tertiary/aromatic N) is 2. The Bertz CT molecular complexity index is 750. The molecule has 1 heterocycles. The van der Waals surface area contributed by atoms with E-state index in [9.17, 15) is 8.42 Å². The van der Waals surface area contributed by atoms with Crippen molar-refractivity contribution in [3.8, 4) is 6.07 Å². The van der Waals surface area contributed by atoms with Gasteiger partial charge in [0.15, 0.2) is 0 Å². The maximum absolute atomic E-state index is 12.2. The molecule has 2 aromatic rings. The summed E-state index contributed by atoms with van der Waals surface area (Å²) in [4.78, 5) is 3.60. The van der Waals surface area contributed by atoms with E-state index in [1.165, 1.54) is 30.5 Å². The van der Waals surface area contributed by atoms with E-state index in [0.717, 1.165) is 0 Å². The topological polar surface area (TPSA) is 109 Å².